The summed E-state index contributed by atoms with van der Waals surface area (Å²) in [7, 11) is 0. The van der Waals surface area contributed by atoms with Crippen LogP contribution >= 0.6 is 11.3 Å². The molecule has 0 unspecified atom stereocenters. The minimum Gasteiger partial charge on any atom is -0.310 e. The Bertz CT molecular complexity index is 4120. The maximum atomic E-state index is 10.0. The minimum absolute atomic E-state index is 0.193. The second-order valence-electron chi connectivity index (χ2n) is 14.1. The lowest BCUT2D eigenvalue weighted by Gasteiger charge is -2.27. The molecule has 0 saturated carbocycles. The van der Waals surface area contributed by atoms with Crippen LogP contribution in [0.5, 0.6) is 0 Å². The van der Waals surface area contributed by atoms with Crippen molar-refractivity contribution in [2.45, 2.75) is 0 Å². The van der Waals surface area contributed by atoms with Gasteiger partial charge in [0.25, 0.3) is 0 Å². The van der Waals surface area contributed by atoms with Gasteiger partial charge in [0.15, 0.2) is 0 Å². The van der Waals surface area contributed by atoms with E-state index in [0.717, 1.165) is 53.6 Å². The van der Waals surface area contributed by atoms with Crippen molar-refractivity contribution >= 4 is 59.3 Å². The molecular weight excluding hydrogens is 743 g/mol. The monoisotopic (exact) mass is 796 g/mol. The summed E-state index contributed by atoms with van der Waals surface area (Å²) in [6, 6.07) is 36.0. The Balaban J connectivity index is 1.22. The zero-order valence-corrected chi connectivity index (χ0v) is 32.5. The fraction of sp³-hybridized carbons (Fsp3) is 0. The third-order valence-electron chi connectivity index (χ3n) is 10.6. The van der Waals surface area contributed by atoms with Crippen molar-refractivity contribution in [3.63, 3.8) is 0 Å². The normalized spacial score (nSPS) is 14.8. The van der Waals surface area contributed by atoms with Gasteiger partial charge in [0.05, 0.1) is 26.2 Å². The summed E-state index contributed by atoms with van der Waals surface area (Å²) in [5.74, 6) is 0. The molecule has 0 aliphatic heterocycles. The molecule has 1 nitrogen and oxygen atoms in total. The summed E-state index contributed by atoms with van der Waals surface area (Å²) in [5.41, 5.74) is 4.23. The predicted octanol–water partition coefficient (Wildman–Crippen LogP) is 17.0. The molecule has 2 heteroatoms. The van der Waals surface area contributed by atoms with Gasteiger partial charge in [0, 0.05) is 31.5 Å². The quantitative estimate of drug-likeness (QED) is 0.148. The Morgan fingerprint density at radius 1 is 0.383 bits per heavy atom. The maximum absolute atomic E-state index is 10.0. The summed E-state index contributed by atoms with van der Waals surface area (Å²) in [5, 5.41) is 0.674. The van der Waals surface area contributed by atoms with E-state index in [-0.39, 0.29) is 5.69 Å². The van der Waals surface area contributed by atoms with E-state index in [2.05, 4.69) is 6.07 Å². The number of fused-ring (bicyclic) bond motifs is 4. The van der Waals surface area contributed by atoms with Gasteiger partial charge >= 0.3 is 0 Å². The largest absolute Gasteiger partial charge is 0.310 e. The van der Waals surface area contributed by atoms with Gasteiger partial charge in [-0.15, -0.1) is 11.3 Å². The molecule has 0 radical (unpaired) electrons. The first-order valence-electron chi connectivity index (χ1n) is 26.8. The van der Waals surface area contributed by atoms with E-state index in [1.807, 2.05) is 140 Å². The van der Waals surface area contributed by atoms with Gasteiger partial charge < -0.3 is 4.90 Å². The van der Waals surface area contributed by atoms with Crippen LogP contribution < -0.4 is 4.90 Å². The zero-order valence-electron chi connectivity index (χ0n) is 46.7. The molecule has 60 heavy (non-hydrogen) atoms. The fourth-order valence-corrected chi connectivity index (χ4v) is 9.06. The average Bonchev–Trinajstić information content (AvgIpc) is 3.83. The molecule has 0 aliphatic carbocycles. The highest BCUT2D eigenvalue weighted by Gasteiger charge is 2.22. The summed E-state index contributed by atoms with van der Waals surface area (Å²) in [4.78, 5) is 1.68. The molecule has 0 spiro atoms. The zero-order chi connectivity index (χ0) is 52.9. The summed E-state index contributed by atoms with van der Waals surface area (Å²) >= 11 is 1.58. The lowest BCUT2D eigenvalue weighted by molar-refractivity contribution is 1.30. The Hall–Kier alpha value is -7.52. The van der Waals surface area contributed by atoms with Gasteiger partial charge in [-0.2, -0.15) is 0 Å². The number of hydrogen-bond acceptors (Lipinski definition) is 2. The Labute approximate surface area is 375 Å². The van der Waals surface area contributed by atoms with Crippen LogP contribution in [0.3, 0.4) is 0 Å². The molecular formula is C58H39NS. The highest BCUT2D eigenvalue weighted by atomic mass is 32.1. The number of rotatable bonds is 8. The summed E-state index contributed by atoms with van der Waals surface area (Å²) < 4.78 is 139. The molecule has 10 aromatic carbocycles. The molecule has 0 fully saturated rings. The third-order valence-corrected chi connectivity index (χ3v) is 11.8. The Morgan fingerprint density at radius 3 is 1.80 bits per heavy atom. The molecule has 11 rings (SSSR count). The van der Waals surface area contributed by atoms with Crippen LogP contribution in [0.4, 0.5) is 17.1 Å². The van der Waals surface area contributed by atoms with Gasteiger partial charge in [-0.3, -0.25) is 0 Å². The SMILES string of the molecule is [2H]c1c([2H])c([2H])c(-c2c(-c3c([2H])c([2H])c(N(c4ccc(-c5cccc(-c6ccccc6)c5)cc4)c4ccc(-c5ccccc5)c5sc6ccccc6c45)c([2H])c3[2H])c([2H])c([2H])c3c([2H])c([2H])c([2H])c([2H])c23)c([2H])c1[2H]. The lowest BCUT2D eigenvalue weighted by atomic mass is 9.89. The van der Waals surface area contributed by atoms with E-state index in [1.165, 1.54) is 0 Å². The molecule has 1 aromatic heterocycles. The Morgan fingerprint density at radius 2 is 1.03 bits per heavy atom. The molecule has 0 amide bonds. The molecule has 0 N–H and O–H groups in total. The lowest BCUT2D eigenvalue weighted by Crippen LogP contribution is -2.10. The van der Waals surface area contributed by atoms with Crippen molar-refractivity contribution in [3.05, 3.63) is 236 Å². The van der Waals surface area contributed by atoms with Crippen molar-refractivity contribution in [1.82, 2.24) is 0 Å². The predicted molar refractivity (Wildman–Crippen MR) is 259 cm³/mol. The van der Waals surface area contributed by atoms with Crippen molar-refractivity contribution in [2.75, 3.05) is 4.90 Å². The smallest absolute Gasteiger partial charge is 0.0645 e. The minimum atomic E-state index is -0.813. The summed E-state index contributed by atoms with van der Waals surface area (Å²) in [6.45, 7) is 0. The van der Waals surface area contributed by atoms with Gasteiger partial charge in [-0.25, -0.2) is 0 Å². The van der Waals surface area contributed by atoms with Gasteiger partial charge in [0.1, 0.15) is 0 Å². The molecule has 0 bridgehead atoms. The first-order valence-corrected chi connectivity index (χ1v) is 20.1. The first kappa shape index (κ1) is 23.2. The van der Waals surface area contributed by atoms with Crippen LogP contribution in [0, 0.1) is 0 Å². The topological polar surface area (TPSA) is 3.24 Å². The van der Waals surface area contributed by atoms with Crippen molar-refractivity contribution in [1.29, 1.82) is 0 Å². The van der Waals surface area contributed by atoms with Gasteiger partial charge in [-0.1, -0.05) is 194 Å². The van der Waals surface area contributed by atoms with Gasteiger partial charge in [0.2, 0.25) is 0 Å². The number of nitrogens with zero attached hydrogens (tertiary/aromatic N) is 1. The highest BCUT2D eigenvalue weighted by molar-refractivity contribution is 7.26. The highest BCUT2D eigenvalue weighted by Crippen LogP contribution is 2.49. The number of thiophene rings is 1. The second kappa shape index (κ2) is 15.3. The second-order valence-corrected chi connectivity index (χ2v) is 15.2. The molecule has 0 aliphatic rings. The van der Waals surface area contributed by atoms with E-state index < -0.39 is 124 Å². The van der Waals surface area contributed by atoms with Crippen LogP contribution in [0.15, 0.2) is 236 Å². The van der Waals surface area contributed by atoms with Crippen LogP contribution in [0.25, 0.3) is 86.6 Å². The third kappa shape index (κ3) is 6.44. The molecule has 0 saturated heterocycles. The standard InChI is InChI=1S/C58H39NS/c1-4-15-40(16-5-1)46-22-14-23-47(39-46)41-27-32-48(33-28-41)59(54-38-37-52(42-17-6-2-7-18-42)58-57(54)53-25-12-13-26-55(53)60-58)49-34-29-44(30-35-49)51-36-31-43-19-10-11-24-50(43)56(51)45-20-8-3-9-21-45/h1-39H/i3D,8D,9D,10D,11D,19D,20D,21D,24D,29D,30D,31D,34D,35D,36D. The average molecular weight is 797 g/mol. The Kier molecular flexibility index (Phi) is 5.92. The molecule has 1 heterocycles. The van der Waals surface area contributed by atoms with Crippen LogP contribution in [-0.4, -0.2) is 0 Å². The van der Waals surface area contributed by atoms with Gasteiger partial charge in [-0.05, 0) is 109 Å². The van der Waals surface area contributed by atoms with E-state index in [0.29, 0.717) is 11.4 Å². The van der Waals surface area contributed by atoms with Crippen molar-refractivity contribution in [3.8, 4) is 55.6 Å². The van der Waals surface area contributed by atoms with E-state index in [1.54, 1.807) is 16.2 Å². The molecule has 282 valence electrons. The van der Waals surface area contributed by atoms with Crippen molar-refractivity contribution in [2.24, 2.45) is 0 Å². The van der Waals surface area contributed by atoms with E-state index >= 15 is 0 Å². The number of anilines is 3. The molecule has 0 atom stereocenters. The number of hydrogen-bond donors (Lipinski definition) is 0. The van der Waals surface area contributed by atoms with Crippen LogP contribution in [0.2, 0.25) is 0 Å². The maximum Gasteiger partial charge on any atom is 0.0645 e. The fourth-order valence-electron chi connectivity index (χ4n) is 7.80. The van der Waals surface area contributed by atoms with E-state index in [4.69, 9.17) is 12.3 Å². The van der Waals surface area contributed by atoms with Crippen LogP contribution in [0.1, 0.15) is 20.6 Å². The molecule has 11 aromatic rings. The van der Waals surface area contributed by atoms with E-state index in [9.17, 15) is 8.22 Å². The summed E-state index contributed by atoms with van der Waals surface area (Å²) in [6.07, 6.45) is 0. The van der Waals surface area contributed by atoms with Crippen LogP contribution in [-0.2, 0) is 0 Å². The number of benzene rings is 10. The first-order chi connectivity index (χ1) is 36.0. The van der Waals surface area contributed by atoms with Crippen molar-refractivity contribution < 1.29 is 20.6 Å².